The van der Waals surface area contributed by atoms with Gasteiger partial charge in [-0.3, -0.25) is 4.79 Å². The lowest BCUT2D eigenvalue weighted by molar-refractivity contribution is 0.0740. The summed E-state index contributed by atoms with van der Waals surface area (Å²) in [6.07, 6.45) is 1.39. The number of carbonyl (C=O) groups is 1. The van der Waals surface area contributed by atoms with E-state index in [4.69, 9.17) is 18.6 Å². The molecule has 0 bridgehead atoms. The van der Waals surface area contributed by atoms with Gasteiger partial charge in [-0.15, -0.1) is 11.3 Å². The van der Waals surface area contributed by atoms with Gasteiger partial charge in [-0.05, 0) is 41.3 Å². The van der Waals surface area contributed by atoms with Gasteiger partial charge in [0, 0.05) is 6.07 Å². The van der Waals surface area contributed by atoms with Crippen LogP contribution in [0.1, 0.15) is 9.67 Å². The first-order chi connectivity index (χ1) is 14.1. The Morgan fingerprint density at radius 1 is 1.00 bits per heavy atom. The molecule has 0 spiro atoms. The van der Waals surface area contributed by atoms with Crippen molar-refractivity contribution in [1.29, 1.82) is 0 Å². The highest BCUT2D eigenvalue weighted by Crippen LogP contribution is 2.32. The monoisotopic (exact) mass is 408 g/mol. The summed E-state index contributed by atoms with van der Waals surface area (Å²) in [6.45, 7) is 0. The summed E-state index contributed by atoms with van der Waals surface area (Å²) in [5.74, 6) is 0.931. The van der Waals surface area contributed by atoms with Crippen molar-refractivity contribution in [3.63, 3.8) is 0 Å². The summed E-state index contributed by atoms with van der Waals surface area (Å²) < 4.78 is 21.6. The maximum Gasteiger partial charge on any atom is 0.353 e. The van der Waals surface area contributed by atoms with E-state index in [9.17, 15) is 9.59 Å². The number of hydrogen-bond donors (Lipinski definition) is 0. The van der Waals surface area contributed by atoms with Crippen LogP contribution in [-0.2, 0) is 0 Å². The number of carbonyl (C=O) groups excluding carboxylic acids is 1. The van der Waals surface area contributed by atoms with Crippen LogP contribution in [0.3, 0.4) is 0 Å². The molecular weight excluding hydrogens is 392 g/mol. The first-order valence-electron chi connectivity index (χ1n) is 8.64. The molecule has 0 saturated carbocycles. The molecule has 0 atom stereocenters. The highest BCUT2D eigenvalue weighted by Gasteiger charge is 2.14. The zero-order valence-corrected chi connectivity index (χ0v) is 16.4. The number of benzene rings is 2. The minimum Gasteiger partial charge on any atom is -0.493 e. The average molecular weight is 408 g/mol. The molecule has 2 aromatic carbocycles. The first-order valence-corrected chi connectivity index (χ1v) is 9.52. The van der Waals surface area contributed by atoms with Crippen LogP contribution in [0.25, 0.3) is 22.1 Å². The second-order valence-corrected chi connectivity index (χ2v) is 7.02. The molecule has 0 fully saturated rings. The molecule has 4 rings (SSSR count). The summed E-state index contributed by atoms with van der Waals surface area (Å²) in [6, 6.07) is 13.3. The third-order valence-electron chi connectivity index (χ3n) is 4.37. The Bertz CT molecular complexity index is 1240. The van der Waals surface area contributed by atoms with Crippen molar-refractivity contribution in [2.45, 2.75) is 0 Å². The molecule has 4 aromatic rings. The van der Waals surface area contributed by atoms with Crippen molar-refractivity contribution < 1.29 is 23.4 Å². The fourth-order valence-electron chi connectivity index (χ4n) is 2.93. The minimum atomic E-state index is -0.455. The summed E-state index contributed by atoms with van der Waals surface area (Å²) in [5.41, 5.74) is 1.17. The van der Waals surface area contributed by atoms with E-state index in [0.29, 0.717) is 44.2 Å². The third-order valence-corrected chi connectivity index (χ3v) is 5.22. The maximum atomic E-state index is 13.0. The van der Waals surface area contributed by atoms with Crippen molar-refractivity contribution in [2.75, 3.05) is 14.2 Å². The number of fused-ring (bicyclic) bond motifs is 1. The van der Waals surface area contributed by atoms with Crippen LogP contribution in [-0.4, -0.2) is 20.2 Å². The standard InChI is InChI=1S/C22H16O6S/c1-25-17-8-5-13(10-19(17)26-2)16-12-27-18-11-14(6-7-15(18)21(16)23)28-22(24)20-4-3-9-29-20/h3-12H,1-2H3. The largest absolute Gasteiger partial charge is 0.493 e. The van der Waals surface area contributed by atoms with Gasteiger partial charge in [0.1, 0.15) is 22.5 Å². The Hall–Kier alpha value is -3.58. The van der Waals surface area contributed by atoms with Crippen LogP contribution >= 0.6 is 11.3 Å². The SMILES string of the molecule is COc1ccc(-c2coc3cc(OC(=O)c4cccs4)ccc3c2=O)cc1OC. The lowest BCUT2D eigenvalue weighted by Gasteiger charge is -2.10. The second-order valence-electron chi connectivity index (χ2n) is 6.07. The van der Waals surface area contributed by atoms with Gasteiger partial charge in [0.25, 0.3) is 0 Å². The van der Waals surface area contributed by atoms with Crippen molar-refractivity contribution in [3.05, 3.63) is 75.3 Å². The smallest absolute Gasteiger partial charge is 0.353 e. The Kier molecular flexibility index (Phi) is 5.05. The van der Waals surface area contributed by atoms with E-state index < -0.39 is 5.97 Å². The van der Waals surface area contributed by atoms with Gasteiger partial charge in [-0.1, -0.05) is 12.1 Å². The van der Waals surface area contributed by atoms with Gasteiger partial charge < -0.3 is 18.6 Å². The van der Waals surface area contributed by atoms with E-state index in [0.717, 1.165) is 0 Å². The van der Waals surface area contributed by atoms with Crippen LogP contribution in [0.4, 0.5) is 0 Å². The Morgan fingerprint density at radius 3 is 2.55 bits per heavy atom. The van der Waals surface area contributed by atoms with E-state index in [-0.39, 0.29) is 5.43 Å². The van der Waals surface area contributed by atoms with E-state index in [1.807, 2.05) is 0 Å². The highest BCUT2D eigenvalue weighted by molar-refractivity contribution is 7.12. The molecule has 0 aliphatic carbocycles. The molecule has 0 aliphatic rings. The number of esters is 1. The van der Waals surface area contributed by atoms with E-state index >= 15 is 0 Å². The van der Waals surface area contributed by atoms with Gasteiger partial charge in [-0.25, -0.2) is 4.79 Å². The summed E-state index contributed by atoms with van der Waals surface area (Å²) in [7, 11) is 3.08. The molecule has 6 nitrogen and oxygen atoms in total. The molecule has 0 aliphatic heterocycles. The molecule has 0 amide bonds. The van der Waals surface area contributed by atoms with Gasteiger partial charge in [0.05, 0.1) is 25.2 Å². The quantitative estimate of drug-likeness (QED) is 0.350. The Labute approximate surface area is 169 Å². The number of hydrogen-bond acceptors (Lipinski definition) is 7. The van der Waals surface area contributed by atoms with Crippen LogP contribution in [0.5, 0.6) is 17.2 Å². The van der Waals surface area contributed by atoms with Crippen LogP contribution in [0, 0.1) is 0 Å². The molecular formula is C22H16O6S. The van der Waals surface area contributed by atoms with Crippen LogP contribution in [0.15, 0.2) is 69.4 Å². The van der Waals surface area contributed by atoms with E-state index in [1.54, 1.807) is 55.0 Å². The van der Waals surface area contributed by atoms with Crippen LogP contribution < -0.4 is 19.6 Å². The van der Waals surface area contributed by atoms with Gasteiger partial charge in [-0.2, -0.15) is 0 Å². The second kappa shape index (κ2) is 7.81. The van der Waals surface area contributed by atoms with Crippen LogP contribution in [0.2, 0.25) is 0 Å². The fraction of sp³-hybridized carbons (Fsp3) is 0.0909. The normalized spacial score (nSPS) is 10.7. The van der Waals surface area contributed by atoms with Crippen molar-refractivity contribution in [1.82, 2.24) is 0 Å². The Morgan fingerprint density at radius 2 is 1.83 bits per heavy atom. The van der Waals surface area contributed by atoms with E-state index in [1.165, 1.54) is 30.8 Å². The van der Waals surface area contributed by atoms with Gasteiger partial charge in [0.2, 0.25) is 0 Å². The predicted molar refractivity (Wildman–Crippen MR) is 110 cm³/mol. The van der Waals surface area contributed by atoms with E-state index in [2.05, 4.69) is 0 Å². The molecule has 146 valence electrons. The third kappa shape index (κ3) is 3.60. The summed E-state index contributed by atoms with van der Waals surface area (Å²) in [5, 5.41) is 2.18. The number of thiophene rings is 1. The van der Waals surface area contributed by atoms with Crippen molar-refractivity contribution in [3.8, 4) is 28.4 Å². The van der Waals surface area contributed by atoms with Crippen molar-refractivity contribution in [2.24, 2.45) is 0 Å². The lowest BCUT2D eigenvalue weighted by Crippen LogP contribution is -2.08. The number of ether oxygens (including phenoxy) is 3. The highest BCUT2D eigenvalue weighted by atomic mass is 32.1. The molecule has 0 saturated heterocycles. The zero-order valence-electron chi connectivity index (χ0n) is 15.6. The molecule has 7 heteroatoms. The van der Waals surface area contributed by atoms with Gasteiger partial charge >= 0.3 is 5.97 Å². The van der Waals surface area contributed by atoms with Gasteiger partial charge in [0.15, 0.2) is 16.9 Å². The number of rotatable bonds is 5. The zero-order chi connectivity index (χ0) is 20.4. The molecule has 0 radical (unpaired) electrons. The molecule has 29 heavy (non-hydrogen) atoms. The lowest BCUT2D eigenvalue weighted by atomic mass is 10.0. The molecule has 2 aromatic heterocycles. The topological polar surface area (TPSA) is 75.0 Å². The number of methoxy groups -OCH3 is 2. The average Bonchev–Trinajstić information content (AvgIpc) is 3.28. The van der Waals surface area contributed by atoms with Crippen molar-refractivity contribution >= 4 is 28.3 Å². The summed E-state index contributed by atoms with van der Waals surface area (Å²) >= 11 is 1.29. The molecule has 0 N–H and O–H groups in total. The fourth-order valence-corrected chi connectivity index (χ4v) is 3.53. The molecule has 2 heterocycles. The Balaban J connectivity index is 1.70. The predicted octanol–water partition coefficient (Wildman–Crippen LogP) is 4.76. The summed E-state index contributed by atoms with van der Waals surface area (Å²) in [4.78, 5) is 25.6. The first kappa shape index (κ1) is 18.8. The molecule has 0 unspecified atom stereocenters. The maximum absolute atomic E-state index is 13.0. The minimum absolute atomic E-state index is 0.199.